The lowest BCUT2D eigenvalue weighted by Gasteiger charge is -2.15. The molecule has 4 aromatic rings. The number of nitrogens with zero attached hydrogens (tertiary/aromatic N) is 2. The molecular formula is C25H24N4O2. The third-order valence-electron chi connectivity index (χ3n) is 5.28. The highest BCUT2D eigenvalue weighted by Crippen LogP contribution is 2.32. The summed E-state index contributed by atoms with van der Waals surface area (Å²) in [6.45, 7) is 4.58. The predicted molar refractivity (Wildman–Crippen MR) is 124 cm³/mol. The first-order valence-corrected chi connectivity index (χ1v) is 10.1. The van der Waals surface area contributed by atoms with Crippen LogP contribution in [0.25, 0.3) is 22.0 Å². The van der Waals surface area contributed by atoms with Gasteiger partial charge in [-0.3, -0.25) is 9.78 Å². The van der Waals surface area contributed by atoms with E-state index in [1.165, 1.54) is 16.7 Å². The van der Waals surface area contributed by atoms with Crippen LogP contribution in [0.4, 0.5) is 11.5 Å². The number of carboxylic acid groups (broad SMARTS) is 1. The van der Waals surface area contributed by atoms with E-state index >= 15 is 0 Å². The van der Waals surface area contributed by atoms with Gasteiger partial charge in [-0.1, -0.05) is 36.4 Å². The van der Waals surface area contributed by atoms with Gasteiger partial charge in [0.15, 0.2) is 5.82 Å². The third kappa shape index (κ3) is 4.54. The number of carboxylic acids is 1. The Morgan fingerprint density at radius 1 is 1.00 bits per heavy atom. The van der Waals surface area contributed by atoms with Crippen molar-refractivity contribution in [2.24, 2.45) is 0 Å². The first kappa shape index (κ1) is 20.5. The Labute approximate surface area is 181 Å². The van der Waals surface area contributed by atoms with E-state index in [9.17, 15) is 4.79 Å². The van der Waals surface area contributed by atoms with Gasteiger partial charge in [0.25, 0.3) is 0 Å². The van der Waals surface area contributed by atoms with Crippen LogP contribution in [0.15, 0.2) is 67.0 Å². The van der Waals surface area contributed by atoms with E-state index < -0.39 is 5.97 Å². The lowest BCUT2D eigenvalue weighted by molar-refractivity contribution is -0.135. The maximum Gasteiger partial charge on any atom is 0.317 e. The SMILES string of the molecule is Cc1ccccc1-c1cccc(Nc2nccc3cc(CNCC(=O)O)cnc23)c1C. The first-order chi connectivity index (χ1) is 15.0. The average Bonchev–Trinajstić information content (AvgIpc) is 2.76. The van der Waals surface area contributed by atoms with Crippen LogP contribution >= 0.6 is 0 Å². The van der Waals surface area contributed by atoms with E-state index in [0.29, 0.717) is 12.4 Å². The van der Waals surface area contributed by atoms with Crippen LogP contribution < -0.4 is 10.6 Å². The number of aromatic nitrogens is 2. The average molecular weight is 412 g/mol. The summed E-state index contributed by atoms with van der Waals surface area (Å²) in [6.07, 6.45) is 3.50. The largest absolute Gasteiger partial charge is 0.480 e. The normalized spacial score (nSPS) is 10.9. The quantitative estimate of drug-likeness (QED) is 0.403. The van der Waals surface area contributed by atoms with Crippen molar-refractivity contribution in [3.8, 4) is 11.1 Å². The van der Waals surface area contributed by atoms with E-state index in [1.54, 1.807) is 12.4 Å². The number of anilines is 2. The standard InChI is InChI=1S/C25H24N4O2/c1-16-6-3-4-7-20(16)21-8-5-9-22(17(21)2)29-25-24-19(10-11-27-25)12-18(14-28-24)13-26-15-23(30)31/h3-12,14,26H,13,15H2,1-2H3,(H,27,29)(H,30,31). The topological polar surface area (TPSA) is 87.1 Å². The van der Waals surface area contributed by atoms with Gasteiger partial charge in [0.2, 0.25) is 0 Å². The van der Waals surface area contributed by atoms with E-state index in [2.05, 4.69) is 58.7 Å². The summed E-state index contributed by atoms with van der Waals surface area (Å²) in [5.74, 6) is -0.194. The number of fused-ring (bicyclic) bond motifs is 1. The molecule has 0 spiro atoms. The smallest absolute Gasteiger partial charge is 0.317 e. The minimum atomic E-state index is -0.882. The fourth-order valence-electron chi connectivity index (χ4n) is 3.67. The Kier molecular flexibility index (Phi) is 5.91. The lowest BCUT2D eigenvalue weighted by Crippen LogP contribution is -2.21. The van der Waals surface area contributed by atoms with Crippen molar-refractivity contribution in [2.45, 2.75) is 20.4 Å². The highest BCUT2D eigenvalue weighted by molar-refractivity contribution is 5.91. The van der Waals surface area contributed by atoms with E-state index in [4.69, 9.17) is 5.11 Å². The predicted octanol–water partition coefficient (Wildman–Crippen LogP) is 4.83. The van der Waals surface area contributed by atoms with E-state index in [1.807, 2.05) is 30.3 Å². The molecule has 31 heavy (non-hydrogen) atoms. The molecule has 4 rings (SSSR count). The zero-order valence-corrected chi connectivity index (χ0v) is 17.5. The zero-order valence-electron chi connectivity index (χ0n) is 17.5. The van der Waals surface area contributed by atoms with Crippen LogP contribution in [0.3, 0.4) is 0 Å². The minimum absolute atomic E-state index is 0.0856. The number of benzene rings is 2. The first-order valence-electron chi connectivity index (χ1n) is 10.1. The summed E-state index contributed by atoms with van der Waals surface area (Å²) in [7, 11) is 0. The molecular weight excluding hydrogens is 388 g/mol. The molecule has 2 aromatic carbocycles. The maximum absolute atomic E-state index is 10.7. The Hall–Kier alpha value is -3.77. The molecule has 0 aliphatic carbocycles. The molecule has 2 heterocycles. The van der Waals surface area contributed by atoms with Crippen molar-refractivity contribution >= 4 is 28.4 Å². The molecule has 6 heteroatoms. The summed E-state index contributed by atoms with van der Waals surface area (Å²) in [6, 6.07) is 18.5. The van der Waals surface area contributed by atoms with Gasteiger partial charge in [-0.2, -0.15) is 0 Å². The Morgan fingerprint density at radius 2 is 1.81 bits per heavy atom. The molecule has 0 aliphatic heterocycles. The van der Waals surface area contributed by atoms with Gasteiger partial charge in [-0.15, -0.1) is 0 Å². The maximum atomic E-state index is 10.7. The second kappa shape index (κ2) is 8.93. The molecule has 0 saturated carbocycles. The fourth-order valence-corrected chi connectivity index (χ4v) is 3.67. The van der Waals surface area contributed by atoms with Crippen LogP contribution in [0, 0.1) is 13.8 Å². The molecule has 0 saturated heterocycles. The van der Waals surface area contributed by atoms with E-state index in [0.717, 1.165) is 27.7 Å². The summed E-state index contributed by atoms with van der Waals surface area (Å²) >= 11 is 0. The number of aryl methyl sites for hydroxylation is 1. The number of pyridine rings is 2. The molecule has 0 aliphatic rings. The molecule has 3 N–H and O–H groups in total. The van der Waals surface area contributed by atoms with Crippen molar-refractivity contribution < 1.29 is 9.90 Å². The molecule has 156 valence electrons. The van der Waals surface area contributed by atoms with Gasteiger partial charge in [0.05, 0.1) is 6.54 Å². The van der Waals surface area contributed by atoms with Crippen molar-refractivity contribution in [1.82, 2.24) is 15.3 Å². The van der Waals surface area contributed by atoms with Gasteiger partial charge in [-0.25, -0.2) is 4.98 Å². The number of carbonyl (C=O) groups is 1. The lowest BCUT2D eigenvalue weighted by atomic mass is 9.95. The van der Waals surface area contributed by atoms with Crippen LogP contribution in [-0.4, -0.2) is 27.6 Å². The van der Waals surface area contributed by atoms with Crippen molar-refractivity contribution in [1.29, 1.82) is 0 Å². The molecule has 0 bridgehead atoms. The summed E-state index contributed by atoms with van der Waals surface area (Å²) in [5.41, 5.74) is 7.44. The Bertz CT molecular complexity index is 1250. The summed E-state index contributed by atoms with van der Waals surface area (Å²) < 4.78 is 0. The van der Waals surface area contributed by atoms with Gasteiger partial charge in [0, 0.05) is 30.0 Å². The summed E-state index contributed by atoms with van der Waals surface area (Å²) in [4.78, 5) is 19.8. The summed E-state index contributed by atoms with van der Waals surface area (Å²) in [5, 5.41) is 16.1. The minimum Gasteiger partial charge on any atom is -0.480 e. The number of aliphatic carboxylic acids is 1. The van der Waals surface area contributed by atoms with Crippen LogP contribution in [0.1, 0.15) is 16.7 Å². The number of hydrogen-bond acceptors (Lipinski definition) is 5. The second-order valence-corrected chi connectivity index (χ2v) is 7.49. The molecule has 0 radical (unpaired) electrons. The number of rotatable bonds is 7. The third-order valence-corrected chi connectivity index (χ3v) is 5.28. The molecule has 6 nitrogen and oxygen atoms in total. The van der Waals surface area contributed by atoms with E-state index in [-0.39, 0.29) is 6.54 Å². The monoisotopic (exact) mass is 412 g/mol. The van der Waals surface area contributed by atoms with Gasteiger partial charge in [0.1, 0.15) is 5.52 Å². The highest BCUT2D eigenvalue weighted by atomic mass is 16.4. The highest BCUT2D eigenvalue weighted by Gasteiger charge is 2.11. The van der Waals surface area contributed by atoms with Gasteiger partial charge < -0.3 is 15.7 Å². The second-order valence-electron chi connectivity index (χ2n) is 7.49. The van der Waals surface area contributed by atoms with Gasteiger partial charge >= 0.3 is 5.97 Å². The van der Waals surface area contributed by atoms with Crippen LogP contribution in [0.5, 0.6) is 0 Å². The van der Waals surface area contributed by atoms with Crippen LogP contribution in [-0.2, 0) is 11.3 Å². The Morgan fingerprint density at radius 3 is 2.61 bits per heavy atom. The van der Waals surface area contributed by atoms with Gasteiger partial charge in [-0.05, 0) is 59.9 Å². The van der Waals surface area contributed by atoms with Crippen LogP contribution in [0.2, 0.25) is 0 Å². The molecule has 2 aromatic heterocycles. The molecule has 0 unspecified atom stereocenters. The van der Waals surface area contributed by atoms with Crippen molar-refractivity contribution in [2.75, 3.05) is 11.9 Å². The zero-order chi connectivity index (χ0) is 21.8. The van der Waals surface area contributed by atoms with Crippen molar-refractivity contribution in [3.05, 3.63) is 83.7 Å². The molecule has 0 atom stereocenters. The number of nitrogens with one attached hydrogen (secondary N) is 2. The fraction of sp³-hybridized carbons (Fsp3) is 0.160. The molecule has 0 fully saturated rings. The Balaban J connectivity index is 1.64. The molecule has 0 amide bonds. The number of hydrogen-bond donors (Lipinski definition) is 3. The van der Waals surface area contributed by atoms with Crippen molar-refractivity contribution in [3.63, 3.8) is 0 Å².